The minimum Gasteiger partial charge on any atom is -0.528 e. The van der Waals surface area contributed by atoms with E-state index < -0.39 is 6.09 Å². The first-order valence-electron chi connectivity index (χ1n) is 6.43. The average Bonchev–Trinajstić information content (AvgIpc) is 2.35. The Balaban J connectivity index is 2.65. The highest BCUT2D eigenvalue weighted by atomic mass is 16.4. The lowest BCUT2D eigenvalue weighted by Crippen LogP contribution is -2.50. The molecule has 0 bridgehead atoms. The summed E-state index contributed by atoms with van der Waals surface area (Å²) in [5.41, 5.74) is 0. The van der Waals surface area contributed by atoms with E-state index >= 15 is 0 Å². The van der Waals surface area contributed by atoms with E-state index in [1.807, 2.05) is 0 Å². The fraction of sp³-hybridized carbons (Fsp3) is 0.750. The zero-order valence-electron chi connectivity index (χ0n) is 11.7. The SMILES string of the molecule is CN(C)/C(=N/C(=O)[O-])N(C)C(=O)NC1CCCCC1. The molecular formula is C12H21N4O3-. The number of nitrogens with zero attached hydrogens (tertiary/aromatic N) is 3. The van der Waals surface area contributed by atoms with Gasteiger partial charge in [0, 0.05) is 27.2 Å². The number of aliphatic imine (C=N–C) groups is 1. The predicted molar refractivity (Wildman–Crippen MR) is 69.7 cm³/mol. The summed E-state index contributed by atoms with van der Waals surface area (Å²) in [5, 5.41) is 13.4. The Hall–Kier alpha value is -1.79. The number of guanidine groups is 1. The van der Waals surface area contributed by atoms with E-state index in [9.17, 15) is 14.7 Å². The van der Waals surface area contributed by atoms with Gasteiger partial charge < -0.3 is 20.1 Å². The Morgan fingerprint density at radius 3 is 2.21 bits per heavy atom. The first-order chi connectivity index (χ1) is 8.91. The summed E-state index contributed by atoms with van der Waals surface area (Å²) in [5.74, 6) is 0.0355. The van der Waals surface area contributed by atoms with Crippen LogP contribution in [0.4, 0.5) is 9.59 Å². The van der Waals surface area contributed by atoms with Gasteiger partial charge >= 0.3 is 6.03 Å². The Bertz CT molecular complexity index is 362. The van der Waals surface area contributed by atoms with Crippen molar-refractivity contribution in [1.82, 2.24) is 15.1 Å². The predicted octanol–water partition coefficient (Wildman–Crippen LogP) is 0.221. The molecule has 1 aliphatic carbocycles. The molecule has 0 atom stereocenters. The highest BCUT2D eigenvalue weighted by molar-refractivity contribution is 5.99. The molecule has 7 heteroatoms. The van der Waals surface area contributed by atoms with Crippen LogP contribution in [-0.4, -0.2) is 55.1 Å². The molecule has 108 valence electrons. The molecule has 1 rings (SSSR count). The van der Waals surface area contributed by atoms with Crippen molar-refractivity contribution in [3.8, 4) is 0 Å². The number of hydrogen-bond acceptors (Lipinski definition) is 3. The third-order valence-corrected chi connectivity index (χ3v) is 3.13. The number of carboxylic acid groups (broad SMARTS) is 1. The molecule has 19 heavy (non-hydrogen) atoms. The molecule has 1 fully saturated rings. The van der Waals surface area contributed by atoms with Gasteiger partial charge in [-0.1, -0.05) is 19.3 Å². The van der Waals surface area contributed by atoms with Gasteiger partial charge in [0.1, 0.15) is 0 Å². The second kappa shape index (κ2) is 6.96. The molecule has 3 amide bonds. The van der Waals surface area contributed by atoms with Crippen molar-refractivity contribution >= 4 is 18.1 Å². The van der Waals surface area contributed by atoms with Crippen molar-refractivity contribution in [3.63, 3.8) is 0 Å². The molecule has 0 aromatic carbocycles. The lowest BCUT2D eigenvalue weighted by atomic mass is 9.96. The summed E-state index contributed by atoms with van der Waals surface area (Å²) < 4.78 is 0. The molecule has 0 aromatic heterocycles. The number of amides is 3. The summed E-state index contributed by atoms with van der Waals surface area (Å²) in [7, 11) is 4.72. The summed E-state index contributed by atoms with van der Waals surface area (Å²) in [4.78, 5) is 28.5. The molecule has 0 spiro atoms. The Kier molecular flexibility index (Phi) is 5.59. The molecule has 0 saturated heterocycles. The normalized spacial score (nSPS) is 16.9. The van der Waals surface area contributed by atoms with Gasteiger partial charge in [0.25, 0.3) is 0 Å². The summed E-state index contributed by atoms with van der Waals surface area (Å²) >= 11 is 0. The van der Waals surface area contributed by atoms with E-state index in [0.717, 1.165) is 25.7 Å². The standard InChI is InChI=1S/C12H22N4O3/c1-15(2)10(14-12(18)19)16(3)11(17)13-9-7-5-4-6-8-9/h9H,4-8H2,1-3H3,(H,13,17)(H,18,19)/p-1/b14-10-. The number of rotatable bonds is 1. The van der Waals surface area contributed by atoms with Gasteiger partial charge in [-0.2, -0.15) is 4.99 Å². The Morgan fingerprint density at radius 1 is 1.16 bits per heavy atom. The van der Waals surface area contributed by atoms with Gasteiger partial charge in [-0.15, -0.1) is 0 Å². The van der Waals surface area contributed by atoms with E-state index in [4.69, 9.17) is 0 Å². The maximum atomic E-state index is 12.0. The number of urea groups is 1. The second-order valence-corrected chi connectivity index (χ2v) is 4.92. The first-order valence-corrected chi connectivity index (χ1v) is 6.43. The van der Waals surface area contributed by atoms with Gasteiger partial charge in [-0.25, -0.2) is 4.79 Å². The number of carbonyl (C=O) groups excluding carboxylic acids is 2. The van der Waals surface area contributed by atoms with Crippen molar-refractivity contribution in [2.24, 2.45) is 4.99 Å². The van der Waals surface area contributed by atoms with E-state index in [1.54, 1.807) is 14.1 Å². The molecule has 0 heterocycles. The second-order valence-electron chi connectivity index (χ2n) is 4.92. The maximum absolute atomic E-state index is 12.0. The molecular weight excluding hydrogens is 248 g/mol. The van der Waals surface area contributed by atoms with Crippen molar-refractivity contribution in [2.75, 3.05) is 21.1 Å². The van der Waals surface area contributed by atoms with Crippen LogP contribution in [0.2, 0.25) is 0 Å². The third kappa shape index (κ3) is 4.76. The van der Waals surface area contributed by atoms with Gasteiger partial charge in [-0.3, -0.25) is 4.90 Å². The van der Waals surface area contributed by atoms with Crippen LogP contribution in [0.1, 0.15) is 32.1 Å². The zero-order valence-corrected chi connectivity index (χ0v) is 11.7. The maximum Gasteiger partial charge on any atom is 0.324 e. The monoisotopic (exact) mass is 269 g/mol. The third-order valence-electron chi connectivity index (χ3n) is 3.13. The number of hydrogen-bond donors (Lipinski definition) is 1. The average molecular weight is 269 g/mol. The van der Waals surface area contributed by atoms with Gasteiger partial charge in [-0.05, 0) is 12.8 Å². The van der Waals surface area contributed by atoms with E-state index in [1.165, 1.54) is 23.3 Å². The molecule has 1 saturated carbocycles. The van der Waals surface area contributed by atoms with Crippen LogP contribution in [0.15, 0.2) is 4.99 Å². The van der Waals surface area contributed by atoms with E-state index in [2.05, 4.69) is 10.3 Å². The van der Waals surface area contributed by atoms with Crippen molar-refractivity contribution in [1.29, 1.82) is 0 Å². The molecule has 0 radical (unpaired) electrons. The lowest BCUT2D eigenvalue weighted by Gasteiger charge is -2.29. The molecule has 0 unspecified atom stereocenters. The quantitative estimate of drug-likeness (QED) is 0.545. The lowest BCUT2D eigenvalue weighted by molar-refractivity contribution is -0.245. The Morgan fingerprint density at radius 2 is 1.74 bits per heavy atom. The topological polar surface area (TPSA) is 88.1 Å². The van der Waals surface area contributed by atoms with Gasteiger partial charge in [0.05, 0.1) is 0 Å². The summed E-state index contributed by atoms with van der Waals surface area (Å²) in [6, 6.07) is -0.185. The van der Waals surface area contributed by atoms with Gasteiger partial charge in [0.2, 0.25) is 5.96 Å². The van der Waals surface area contributed by atoms with Crippen LogP contribution >= 0.6 is 0 Å². The number of carbonyl (C=O) groups is 2. The van der Waals surface area contributed by atoms with Crippen molar-refractivity contribution in [3.05, 3.63) is 0 Å². The largest absolute Gasteiger partial charge is 0.528 e. The fourth-order valence-corrected chi connectivity index (χ4v) is 2.17. The smallest absolute Gasteiger partial charge is 0.324 e. The van der Waals surface area contributed by atoms with Crippen LogP contribution in [0, 0.1) is 0 Å². The highest BCUT2D eigenvalue weighted by Crippen LogP contribution is 2.17. The summed E-state index contributed by atoms with van der Waals surface area (Å²) in [6.07, 6.45) is 3.80. The minimum absolute atomic E-state index is 0.0355. The summed E-state index contributed by atoms with van der Waals surface area (Å²) in [6.45, 7) is 0. The minimum atomic E-state index is -1.57. The number of nitrogens with one attached hydrogen (secondary N) is 1. The van der Waals surface area contributed by atoms with Crippen LogP contribution in [0.25, 0.3) is 0 Å². The van der Waals surface area contributed by atoms with Crippen molar-refractivity contribution in [2.45, 2.75) is 38.1 Å². The van der Waals surface area contributed by atoms with Crippen LogP contribution in [0.5, 0.6) is 0 Å². The Labute approximate surface area is 113 Å². The first kappa shape index (κ1) is 15.3. The van der Waals surface area contributed by atoms with E-state index in [-0.39, 0.29) is 18.0 Å². The molecule has 1 aliphatic rings. The fourth-order valence-electron chi connectivity index (χ4n) is 2.17. The molecule has 7 nitrogen and oxygen atoms in total. The van der Waals surface area contributed by atoms with Crippen LogP contribution in [-0.2, 0) is 0 Å². The van der Waals surface area contributed by atoms with Crippen LogP contribution < -0.4 is 10.4 Å². The molecule has 1 N–H and O–H groups in total. The zero-order chi connectivity index (χ0) is 14.4. The van der Waals surface area contributed by atoms with E-state index in [0.29, 0.717) is 0 Å². The van der Waals surface area contributed by atoms with Crippen LogP contribution in [0.3, 0.4) is 0 Å². The van der Waals surface area contributed by atoms with Gasteiger partial charge in [0.15, 0.2) is 6.09 Å². The van der Waals surface area contributed by atoms with Crippen molar-refractivity contribution < 1.29 is 14.7 Å². The molecule has 0 aliphatic heterocycles. The molecule has 0 aromatic rings. The highest BCUT2D eigenvalue weighted by Gasteiger charge is 2.21.